The van der Waals surface area contributed by atoms with Crippen LogP contribution in [0.25, 0.3) is 0 Å². The maximum atomic E-state index is 9.21. The molecule has 0 aromatic carbocycles. The molecule has 104 valence electrons. The van der Waals surface area contributed by atoms with Crippen LogP contribution in [0.2, 0.25) is 0 Å². The molecule has 4 N–H and O–H groups in total. The van der Waals surface area contributed by atoms with Gasteiger partial charge in [-0.25, -0.2) is 0 Å². The molecule has 0 saturated heterocycles. The van der Waals surface area contributed by atoms with Crippen LogP contribution in [-0.4, -0.2) is 79.1 Å². The SMILES string of the molecule is O.O.O=[Si]=O.O=[Si]=O.O=[Si]=O.O=[Si]=O.[O]=[Al][O][Al]=[O]. The van der Waals surface area contributed by atoms with Gasteiger partial charge in [-0.2, -0.15) is 0 Å². The fraction of sp³-hybridized carbons (Fsp3) is 0. The second kappa shape index (κ2) is 111. The molecule has 0 aromatic heterocycles. The molecule has 0 unspecified atom stereocenters. The van der Waals surface area contributed by atoms with Crippen LogP contribution in [0.1, 0.15) is 0 Å². The van der Waals surface area contributed by atoms with E-state index in [1.54, 1.807) is 0 Å². The zero-order valence-corrected chi connectivity index (χ0v) is 15.0. The standard InChI is InChI=1S/2Al.4O2Si.2H2O.3O/c;;4*1-3-2;;;;;/h;;;;;;2*1H2;;;. The predicted molar refractivity (Wildman–Crippen MR) is 49.7 cm³/mol. The van der Waals surface area contributed by atoms with E-state index in [-0.39, 0.29) is 11.0 Å². The van der Waals surface area contributed by atoms with Gasteiger partial charge in [-0.3, -0.25) is 35.7 Å². The van der Waals surface area contributed by atoms with E-state index in [0.29, 0.717) is 0 Å². The first-order valence-corrected chi connectivity index (χ1v) is 7.73. The molecule has 19 heavy (non-hydrogen) atoms. The third kappa shape index (κ3) is 1580. The van der Waals surface area contributed by atoms with Crippen LogP contribution in [-0.2, 0) is 46.1 Å². The summed E-state index contributed by atoms with van der Waals surface area (Å²) in [5.41, 5.74) is 0. The minimum absolute atomic E-state index is 0. The fourth-order valence-corrected chi connectivity index (χ4v) is 0.204. The summed E-state index contributed by atoms with van der Waals surface area (Å²) in [6.07, 6.45) is 0. The van der Waals surface area contributed by atoms with Crippen molar-refractivity contribution in [3.8, 4) is 0 Å². The molecule has 0 rings (SSSR count). The molecule has 0 aromatic rings. The van der Waals surface area contributed by atoms with Gasteiger partial charge in [0.15, 0.2) is 0 Å². The minimum atomic E-state index is -1.42. The quantitative estimate of drug-likeness (QED) is 0.411. The summed E-state index contributed by atoms with van der Waals surface area (Å²) in [7, 11) is -5.67. The van der Waals surface area contributed by atoms with Crippen molar-refractivity contribution in [1.29, 1.82) is 0 Å². The van der Waals surface area contributed by atoms with Crippen LogP contribution in [0.5, 0.6) is 0 Å². The molecule has 0 amide bonds. The second-order valence-electron chi connectivity index (χ2n) is 0.662. The van der Waals surface area contributed by atoms with Crippen molar-refractivity contribution in [1.82, 2.24) is 0 Å². The Hall–Kier alpha value is -0.348. The Bertz CT molecular complexity index is 232. The molecule has 0 radical (unpaired) electrons. The van der Waals surface area contributed by atoms with Crippen LogP contribution >= 0.6 is 0 Å². The summed E-state index contributed by atoms with van der Waals surface area (Å²) in [4.78, 5) is 0. The van der Waals surface area contributed by atoms with E-state index in [0.717, 1.165) is 0 Å². The van der Waals surface area contributed by atoms with E-state index in [1.165, 1.54) is 0 Å². The summed E-state index contributed by atoms with van der Waals surface area (Å²) >= 11 is -2.48. The second-order valence-corrected chi connectivity index (χ2v) is 2.80. The molecular weight excluding hydrogens is 374 g/mol. The van der Waals surface area contributed by atoms with Crippen molar-refractivity contribution in [3.05, 3.63) is 0 Å². The van der Waals surface area contributed by atoms with E-state index < -0.39 is 68.1 Å². The van der Waals surface area contributed by atoms with Gasteiger partial charge >= 0.3 is 78.6 Å². The molecule has 0 saturated carbocycles. The molecule has 19 heteroatoms. The van der Waals surface area contributed by atoms with Gasteiger partial charge in [-0.1, -0.05) is 0 Å². The Labute approximate surface area is 125 Å². The first-order chi connectivity index (χ1) is 8.07. The van der Waals surface area contributed by atoms with E-state index in [2.05, 4.69) is 2.84 Å². The van der Waals surface area contributed by atoms with Crippen LogP contribution in [0.15, 0.2) is 0 Å². The molecular formula is H4Al2O13Si4. The number of hydrogen-bond acceptors (Lipinski definition) is 11. The summed E-state index contributed by atoms with van der Waals surface area (Å²) in [6, 6.07) is 0. The Morgan fingerprint density at radius 1 is 0.526 bits per heavy atom. The molecule has 0 aliphatic rings. The number of hydrogen-bond donors (Lipinski definition) is 0. The van der Waals surface area contributed by atoms with Crippen LogP contribution in [0, 0.1) is 0 Å². The molecule has 0 spiro atoms. The summed E-state index contributed by atoms with van der Waals surface area (Å²) in [5.74, 6) is 0. The topological polar surface area (TPSA) is 243 Å². The van der Waals surface area contributed by atoms with Gasteiger partial charge in [-0.05, 0) is 0 Å². The van der Waals surface area contributed by atoms with Gasteiger partial charge in [0.05, 0.1) is 0 Å². The molecule has 0 bridgehead atoms. The first kappa shape index (κ1) is 42.8. The van der Waals surface area contributed by atoms with Crippen LogP contribution < -0.4 is 0 Å². The van der Waals surface area contributed by atoms with Gasteiger partial charge in [0.25, 0.3) is 0 Å². The number of rotatable bonds is 2. The van der Waals surface area contributed by atoms with E-state index in [4.69, 9.17) is 35.7 Å². The van der Waals surface area contributed by atoms with E-state index in [9.17, 15) is 7.61 Å². The van der Waals surface area contributed by atoms with Crippen molar-refractivity contribution in [2.75, 3.05) is 0 Å². The molecule has 0 aliphatic carbocycles. The maximum absolute atomic E-state index is 9.21. The molecule has 0 fully saturated rings. The van der Waals surface area contributed by atoms with Gasteiger partial charge in [0, 0.05) is 0 Å². The Balaban J connectivity index is -0.0000000189. The Kier molecular flexibility index (Phi) is 249. The average Bonchev–Trinajstić information content (AvgIpc) is 2.23. The Morgan fingerprint density at radius 2 is 0.632 bits per heavy atom. The van der Waals surface area contributed by atoms with Gasteiger partial charge in [0.1, 0.15) is 0 Å². The summed E-state index contributed by atoms with van der Waals surface area (Å²) in [5, 5.41) is 0. The van der Waals surface area contributed by atoms with Crippen molar-refractivity contribution in [3.63, 3.8) is 0 Å². The van der Waals surface area contributed by atoms with Gasteiger partial charge in [-0.15, -0.1) is 0 Å². The zero-order valence-electron chi connectivity index (χ0n) is 8.65. The van der Waals surface area contributed by atoms with Gasteiger partial charge in [0.2, 0.25) is 0 Å². The average molecular weight is 378 g/mol. The van der Waals surface area contributed by atoms with Crippen LogP contribution in [0.3, 0.4) is 0 Å². The van der Waals surface area contributed by atoms with Crippen molar-refractivity contribution >= 4 is 68.1 Å². The molecule has 0 heterocycles. The predicted octanol–water partition coefficient (Wildman–Crippen LogP) is -5.19. The monoisotopic (exact) mass is 378 g/mol. The van der Waals surface area contributed by atoms with E-state index in [1.807, 2.05) is 0 Å². The Morgan fingerprint density at radius 3 is 0.632 bits per heavy atom. The molecule has 0 aliphatic heterocycles. The third-order valence-electron chi connectivity index (χ3n) is 0.111. The molecule has 13 nitrogen and oxygen atoms in total. The normalized spacial score (nSPS) is 2.74. The zero-order chi connectivity index (χ0) is 14.9. The fourth-order valence-electron chi connectivity index (χ4n) is 0.0227. The van der Waals surface area contributed by atoms with Crippen molar-refractivity contribution < 1.29 is 57.1 Å². The van der Waals surface area contributed by atoms with Gasteiger partial charge < -0.3 is 11.0 Å². The first-order valence-electron chi connectivity index (χ1n) is 2.58. The molecule has 0 atom stereocenters. The summed E-state index contributed by atoms with van der Waals surface area (Å²) in [6.45, 7) is 0. The summed E-state index contributed by atoms with van der Waals surface area (Å²) < 4.78 is 89.5. The van der Waals surface area contributed by atoms with E-state index >= 15 is 0 Å². The third-order valence-corrected chi connectivity index (χ3v) is 1.00. The van der Waals surface area contributed by atoms with Crippen molar-refractivity contribution in [2.45, 2.75) is 0 Å². The van der Waals surface area contributed by atoms with Crippen molar-refractivity contribution in [2.24, 2.45) is 0 Å². The van der Waals surface area contributed by atoms with Crippen LogP contribution in [0.4, 0.5) is 0 Å².